The molecule has 0 bridgehead atoms. The Morgan fingerprint density at radius 3 is 3.07 bits per heavy atom. The van der Waals surface area contributed by atoms with Crippen LogP contribution in [0.5, 0.6) is 0 Å². The predicted octanol–water partition coefficient (Wildman–Crippen LogP) is 1.82. The summed E-state index contributed by atoms with van der Waals surface area (Å²) in [7, 11) is 0. The predicted molar refractivity (Wildman–Crippen MR) is 63.7 cm³/mol. The zero-order chi connectivity index (χ0) is 10.2. The van der Waals surface area contributed by atoms with Crippen LogP contribution in [0.2, 0.25) is 0 Å². The van der Waals surface area contributed by atoms with Crippen LogP contribution < -0.4 is 16.2 Å². The normalized spacial score (nSPS) is 14.8. The van der Waals surface area contributed by atoms with Crippen molar-refractivity contribution in [1.82, 2.24) is 16.2 Å². The maximum atomic E-state index is 5.09. The van der Waals surface area contributed by atoms with Crippen LogP contribution in [-0.4, -0.2) is 11.7 Å². The maximum Gasteiger partial charge on any atom is 0.185 e. The molecule has 0 aliphatic heterocycles. The van der Waals surface area contributed by atoms with Crippen LogP contribution in [0.4, 0.5) is 0 Å². The van der Waals surface area contributed by atoms with Crippen molar-refractivity contribution >= 4 is 17.3 Å². The molecule has 3 nitrogen and oxygen atoms in total. The Balaban J connectivity index is 2.02. The fourth-order valence-electron chi connectivity index (χ4n) is 1.34. The minimum absolute atomic E-state index is 0.686. The summed E-state index contributed by atoms with van der Waals surface area (Å²) in [5.74, 6) is 0. The molecule has 14 heavy (non-hydrogen) atoms. The number of allylic oxidation sites excluding steroid dienone is 2. The number of hydrazine groups is 1. The molecule has 0 saturated heterocycles. The van der Waals surface area contributed by atoms with E-state index >= 15 is 0 Å². The zero-order valence-corrected chi connectivity index (χ0v) is 9.54. The molecule has 0 spiro atoms. The molecule has 0 saturated carbocycles. The van der Waals surface area contributed by atoms with Crippen molar-refractivity contribution < 1.29 is 0 Å². The highest BCUT2D eigenvalue weighted by Gasteiger charge is 2.03. The molecule has 0 radical (unpaired) electrons. The molecule has 0 aromatic rings. The fraction of sp³-hybridized carbons (Fsp3) is 0.700. The highest BCUT2D eigenvalue weighted by molar-refractivity contribution is 7.80. The summed E-state index contributed by atoms with van der Waals surface area (Å²) in [6.07, 6.45) is 8.12. The van der Waals surface area contributed by atoms with Crippen molar-refractivity contribution in [2.24, 2.45) is 0 Å². The third kappa shape index (κ3) is 4.46. The van der Waals surface area contributed by atoms with Gasteiger partial charge in [0.1, 0.15) is 0 Å². The molecule has 3 N–H and O–H groups in total. The van der Waals surface area contributed by atoms with Gasteiger partial charge in [0.05, 0.1) is 0 Å². The third-order valence-corrected chi connectivity index (χ3v) is 2.44. The van der Waals surface area contributed by atoms with E-state index < -0.39 is 0 Å². The van der Waals surface area contributed by atoms with Gasteiger partial charge in [-0.1, -0.05) is 19.4 Å². The average Bonchev–Trinajstić information content (AvgIpc) is 2.68. The molecule has 1 aliphatic carbocycles. The minimum Gasteiger partial charge on any atom is -0.361 e. The lowest BCUT2D eigenvalue weighted by Gasteiger charge is -2.12. The summed E-state index contributed by atoms with van der Waals surface area (Å²) in [6.45, 7) is 3.11. The molecule has 1 rings (SSSR count). The molecule has 0 amide bonds. The van der Waals surface area contributed by atoms with Gasteiger partial charge in [-0.15, -0.1) is 0 Å². The summed E-state index contributed by atoms with van der Waals surface area (Å²) in [5.41, 5.74) is 7.36. The van der Waals surface area contributed by atoms with Gasteiger partial charge in [0.2, 0.25) is 0 Å². The van der Waals surface area contributed by atoms with Crippen molar-refractivity contribution in [2.75, 3.05) is 6.54 Å². The van der Waals surface area contributed by atoms with Crippen molar-refractivity contribution in [3.8, 4) is 0 Å². The number of rotatable bonds is 5. The van der Waals surface area contributed by atoms with Gasteiger partial charge in [-0.25, -0.2) is 0 Å². The first-order chi connectivity index (χ1) is 6.83. The second kappa shape index (κ2) is 6.65. The van der Waals surface area contributed by atoms with Crippen molar-refractivity contribution in [3.63, 3.8) is 0 Å². The highest BCUT2D eigenvalue weighted by Crippen LogP contribution is 2.13. The van der Waals surface area contributed by atoms with Crippen molar-refractivity contribution in [3.05, 3.63) is 11.8 Å². The average molecular weight is 213 g/mol. The number of hydrogen-bond acceptors (Lipinski definition) is 2. The molecule has 0 unspecified atom stereocenters. The summed E-state index contributed by atoms with van der Waals surface area (Å²) in [5, 5.41) is 3.82. The highest BCUT2D eigenvalue weighted by atomic mass is 32.1. The first-order valence-corrected chi connectivity index (χ1v) is 5.72. The SMILES string of the molecule is CCCCNC(=S)NNC1=CCCC1. The van der Waals surface area contributed by atoms with Crippen LogP contribution in [0.25, 0.3) is 0 Å². The zero-order valence-electron chi connectivity index (χ0n) is 8.73. The minimum atomic E-state index is 0.686. The van der Waals surface area contributed by atoms with E-state index in [0.717, 1.165) is 19.4 Å². The second-order valence-electron chi connectivity index (χ2n) is 3.48. The van der Waals surface area contributed by atoms with Gasteiger partial charge in [0.15, 0.2) is 5.11 Å². The van der Waals surface area contributed by atoms with Gasteiger partial charge in [0.25, 0.3) is 0 Å². The summed E-state index contributed by atoms with van der Waals surface area (Å²) in [6, 6.07) is 0. The number of hydrogen-bond donors (Lipinski definition) is 3. The standard InChI is InChI=1S/C10H19N3S/c1-2-3-8-11-10(14)13-12-9-6-4-5-7-9/h6,12H,2-5,7-8H2,1H3,(H2,11,13,14). The molecule has 80 valence electrons. The fourth-order valence-corrected chi connectivity index (χ4v) is 1.50. The molecule has 0 aromatic carbocycles. The van der Waals surface area contributed by atoms with Gasteiger partial charge in [-0.3, -0.25) is 5.43 Å². The lowest BCUT2D eigenvalue weighted by molar-refractivity contribution is 0.690. The monoisotopic (exact) mass is 213 g/mol. The van der Waals surface area contributed by atoms with Crippen LogP contribution in [0.15, 0.2) is 11.8 Å². The summed E-state index contributed by atoms with van der Waals surface area (Å²) >= 11 is 5.09. The first-order valence-electron chi connectivity index (χ1n) is 5.32. The Hall–Kier alpha value is -0.770. The van der Waals surface area contributed by atoms with E-state index in [-0.39, 0.29) is 0 Å². The van der Waals surface area contributed by atoms with E-state index in [4.69, 9.17) is 12.2 Å². The smallest absolute Gasteiger partial charge is 0.185 e. The van der Waals surface area contributed by atoms with E-state index in [9.17, 15) is 0 Å². The molecule has 1 aliphatic rings. The molecule has 0 heterocycles. The molecule has 0 atom stereocenters. The van der Waals surface area contributed by atoms with Gasteiger partial charge in [-0.2, -0.15) is 0 Å². The van der Waals surface area contributed by atoms with Crippen molar-refractivity contribution in [2.45, 2.75) is 39.0 Å². The topological polar surface area (TPSA) is 36.1 Å². The summed E-state index contributed by atoms with van der Waals surface area (Å²) in [4.78, 5) is 0. The molecule has 0 fully saturated rings. The summed E-state index contributed by atoms with van der Waals surface area (Å²) < 4.78 is 0. The maximum absolute atomic E-state index is 5.09. The lowest BCUT2D eigenvalue weighted by atomic mass is 10.3. The van der Waals surface area contributed by atoms with Crippen LogP contribution in [0.1, 0.15) is 39.0 Å². The Kier molecular flexibility index (Phi) is 5.37. The Bertz CT molecular complexity index is 213. The van der Waals surface area contributed by atoms with E-state index in [1.807, 2.05) is 0 Å². The van der Waals surface area contributed by atoms with Crippen LogP contribution >= 0.6 is 12.2 Å². The van der Waals surface area contributed by atoms with Gasteiger partial charge < -0.3 is 10.7 Å². The van der Waals surface area contributed by atoms with Crippen LogP contribution in [0, 0.1) is 0 Å². The van der Waals surface area contributed by atoms with Crippen LogP contribution in [0.3, 0.4) is 0 Å². The van der Waals surface area contributed by atoms with Gasteiger partial charge in [0, 0.05) is 12.2 Å². The number of thiocarbonyl (C=S) groups is 1. The molecule has 0 aromatic heterocycles. The van der Waals surface area contributed by atoms with Gasteiger partial charge >= 0.3 is 0 Å². The Morgan fingerprint density at radius 2 is 2.43 bits per heavy atom. The molecule has 4 heteroatoms. The van der Waals surface area contributed by atoms with E-state index in [1.165, 1.54) is 25.0 Å². The second-order valence-corrected chi connectivity index (χ2v) is 3.89. The Labute approximate surface area is 91.3 Å². The first kappa shape index (κ1) is 11.3. The molecular formula is C10H19N3S. The van der Waals surface area contributed by atoms with E-state index in [1.54, 1.807) is 0 Å². The lowest BCUT2D eigenvalue weighted by Crippen LogP contribution is -2.43. The van der Waals surface area contributed by atoms with Gasteiger partial charge in [-0.05, 0) is 37.9 Å². The number of unbranched alkanes of at least 4 members (excludes halogenated alkanes) is 1. The van der Waals surface area contributed by atoms with Crippen LogP contribution in [-0.2, 0) is 0 Å². The largest absolute Gasteiger partial charge is 0.361 e. The third-order valence-electron chi connectivity index (χ3n) is 2.19. The number of nitrogens with one attached hydrogen (secondary N) is 3. The Morgan fingerprint density at radius 1 is 1.57 bits per heavy atom. The quantitative estimate of drug-likeness (QED) is 0.370. The molecular weight excluding hydrogens is 194 g/mol. The van der Waals surface area contributed by atoms with Crippen molar-refractivity contribution in [1.29, 1.82) is 0 Å². The van der Waals surface area contributed by atoms with E-state index in [0.29, 0.717) is 5.11 Å². The van der Waals surface area contributed by atoms with E-state index in [2.05, 4.69) is 29.2 Å².